The SMILES string of the molecule is C=C(C=CC(=O)OC)C=CC(=CC)OC(=O)C1=CC(C)(N)C=CC(C)(C)C=C(C)C1. The quantitative estimate of drug-likeness (QED) is 0.222. The fourth-order valence-corrected chi connectivity index (χ4v) is 2.88. The molecule has 0 aromatic carbocycles. The molecule has 0 aromatic rings. The third-order valence-electron chi connectivity index (χ3n) is 4.30. The molecule has 0 aromatic heterocycles. The summed E-state index contributed by atoms with van der Waals surface area (Å²) in [6, 6.07) is 0. The van der Waals surface area contributed by atoms with Crippen LogP contribution in [0.4, 0.5) is 0 Å². The molecule has 1 aliphatic carbocycles. The van der Waals surface area contributed by atoms with Crippen LogP contribution in [0.2, 0.25) is 0 Å². The minimum Gasteiger partial charge on any atom is -0.466 e. The Morgan fingerprint density at radius 2 is 1.73 bits per heavy atom. The van der Waals surface area contributed by atoms with Gasteiger partial charge in [-0.05, 0) is 44.6 Å². The van der Waals surface area contributed by atoms with E-state index < -0.39 is 17.5 Å². The summed E-state index contributed by atoms with van der Waals surface area (Å²) in [5, 5.41) is 0. The van der Waals surface area contributed by atoms with Gasteiger partial charge in [0.1, 0.15) is 5.76 Å². The molecule has 0 saturated carbocycles. The number of esters is 2. The van der Waals surface area contributed by atoms with Gasteiger partial charge in [0.05, 0.1) is 12.6 Å². The van der Waals surface area contributed by atoms with Gasteiger partial charge in [-0.1, -0.05) is 56.4 Å². The van der Waals surface area contributed by atoms with Gasteiger partial charge in [-0.3, -0.25) is 0 Å². The Morgan fingerprint density at radius 3 is 2.33 bits per heavy atom. The van der Waals surface area contributed by atoms with E-state index >= 15 is 0 Å². The first kappa shape index (κ1) is 25.1. The molecular weight excluding hydrogens is 378 g/mol. The number of ether oxygens (including phenoxy) is 2. The molecule has 2 N–H and O–H groups in total. The molecule has 162 valence electrons. The largest absolute Gasteiger partial charge is 0.466 e. The normalized spacial score (nSPS) is 22.0. The molecule has 0 radical (unpaired) electrons. The predicted molar refractivity (Wildman–Crippen MR) is 121 cm³/mol. The van der Waals surface area contributed by atoms with Crippen molar-refractivity contribution in [2.24, 2.45) is 11.1 Å². The number of rotatable bonds is 6. The molecule has 0 aliphatic heterocycles. The lowest BCUT2D eigenvalue weighted by molar-refractivity contribution is -0.135. The number of hydrogen-bond donors (Lipinski definition) is 1. The average Bonchev–Trinajstić information content (AvgIpc) is 2.69. The van der Waals surface area contributed by atoms with E-state index in [1.54, 1.807) is 31.2 Å². The molecule has 1 atom stereocenters. The van der Waals surface area contributed by atoms with Gasteiger partial charge in [-0.15, -0.1) is 0 Å². The van der Waals surface area contributed by atoms with Gasteiger partial charge in [0.25, 0.3) is 0 Å². The van der Waals surface area contributed by atoms with Crippen molar-refractivity contribution in [2.75, 3.05) is 7.11 Å². The maximum absolute atomic E-state index is 12.9. The van der Waals surface area contributed by atoms with Gasteiger partial charge in [0.15, 0.2) is 0 Å². The Bertz CT molecular complexity index is 862. The maximum atomic E-state index is 12.9. The third-order valence-corrected chi connectivity index (χ3v) is 4.30. The van der Waals surface area contributed by atoms with Crippen molar-refractivity contribution >= 4 is 11.9 Å². The average molecular weight is 412 g/mol. The zero-order valence-corrected chi connectivity index (χ0v) is 18.8. The lowest BCUT2D eigenvalue weighted by Gasteiger charge is -2.20. The van der Waals surface area contributed by atoms with Gasteiger partial charge in [-0.25, -0.2) is 9.59 Å². The number of nitrogens with two attached hydrogens (primary N) is 1. The Kier molecular flexibility index (Phi) is 8.99. The van der Waals surface area contributed by atoms with Crippen LogP contribution in [0.1, 0.15) is 41.0 Å². The lowest BCUT2D eigenvalue weighted by Crippen LogP contribution is -2.32. The van der Waals surface area contributed by atoms with E-state index in [4.69, 9.17) is 10.5 Å². The van der Waals surface area contributed by atoms with Crippen molar-refractivity contribution in [2.45, 2.75) is 46.6 Å². The number of carbonyl (C=O) groups excluding carboxylic acids is 2. The van der Waals surface area contributed by atoms with Crippen molar-refractivity contribution in [3.05, 3.63) is 83.7 Å². The van der Waals surface area contributed by atoms with Gasteiger partial charge >= 0.3 is 11.9 Å². The highest BCUT2D eigenvalue weighted by atomic mass is 16.5. The predicted octanol–water partition coefficient (Wildman–Crippen LogP) is 4.85. The summed E-state index contributed by atoms with van der Waals surface area (Å²) in [6.07, 6.45) is 16.0. The van der Waals surface area contributed by atoms with Crippen LogP contribution >= 0.6 is 0 Å². The van der Waals surface area contributed by atoms with Gasteiger partial charge in [-0.2, -0.15) is 0 Å². The molecular formula is C25H33NO4. The first-order valence-electron chi connectivity index (χ1n) is 9.78. The van der Waals surface area contributed by atoms with Crippen molar-refractivity contribution in [3.63, 3.8) is 0 Å². The summed E-state index contributed by atoms with van der Waals surface area (Å²) in [4.78, 5) is 24.0. The van der Waals surface area contributed by atoms with E-state index in [1.165, 1.54) is 19.3 Å². The molecule has 1 aliphatic rings. The van der Waals surface area contributed by atoms with Gasteiger partial charge in [0.2, 0.25) is 0 Å². The van der Waals surface area contributed by atoms with Crippen LogP contribution in [0.5, 0.6) is 0 Å². The fourth-order valence-electron chi connectivity index (χ4n) is 2.88. The smallest absolute Gasteiger partial charge is 0.339 e. The Balaban J connectivity index is 3.01. The van der Waals surface area contributed by atoms with Crippen LogP contribution in [0, 0.1) is 5.41 Å². The minimum absolute atomic E-state index is 0.160. The molecule has 0 saturated heterocycles. The molecule has 5 nitrogen and oxygen atoms in total. The van der Waals surface area contributed by atoms with Crippen LogP contribution in [0.15, 0.2) is 83.7 Å². The van der Waals surface area contributed by atoms with Gasteiger partial charge < -0.3 is 15.2 Å². The molecule has 0 amide bonds. The fraction of sp³-hybridized carbons (Fsp3) is 0.360. The highest BCUT2D eigenvalue weighted by Gasteiger charge is 2.23. The summed E-state index contributed by atoms with van der Waals surface area (Å²) < 4.78 is 10.1. The number of allylic oxidation sites excluding steroid dienone is 8. The number of carbonyl (C=O) groups is 2. The maximum Gasteiger partial charge on any atom is 0.339 e. The second kappa shape index (κ2) is 10.7. The van der Waals surface area contributed by atoms with Crippen molar-refractivity contribution in [1.82, 2.24) is 0 Å². The Morgan fingerprint density at radius 1 is 1.10 bits per heavy atom. The molecule has 0 spiro atoms. The van der Waals surface area contributed by atoms with Gasteiger partial charge in [0, 0.05) is 23.5 Å². The molecule has 1 unspecified atom stereocenters. The molecule has 1 rings (SSSR count). The Hall–Kier alpha value is -2.92. The van der Waals surface area contributed by atoms with E-state index in [-0.39, 0.29) is 5.41 Å². The van der Waals surface area contributed by atoms with Crippen LogP contribution in [0.3, 0.4) is 0 Å². The first-order chi connectivity index (χ1) is 13.9. The van der Waals surface area contributed by atoms with Crippen molar-refractivity contribution in [3.8, 4) is 0 Å². The van der Waals surface area contributed by atoms with Crippen molar-refractivity contribution in [1.29, 1.82) is 0 Å². The summed E-state index contributed by atoms with van der Waals surface area (Å²) in [5.41, 5.74) is 7.54. The Labute approximate surface area is 180 Å². The van der Waals surface area contributed by atoms with E-state index in [0.29, 0.717) is 23.3 Å². The minimum atomic E-state index is -0.775. The van der Waals surface area contributed by atoms with E-state index in [1.807, 2.05) is 19.9 Å². The van der Waals surface area contributed by atoms with Crippen molar-refractivity contribution < 1.29 is 19.1 Å². The monoisotopic (exact) mass is 411 g/mol. The highest BCUT2D eigenvalue weighted by Crippen LogP contribution is 2.28. The zero-order chi connectivity index (χ0) is 22.9. The molecule has 5 heteroatoms. The van der Waals surface area contributed by atoms with Crippen LogP contribution in [-0.2, 0) is 19.1 Å². The molecule has 0 bridgehead atoms. The third kappa shape index (κ3) is 9.05. The summed E-state index contributed by atoms with van der Waals surface area (Å²) in [6.45, 7) is 13.6. The van der Waals surface area contributed by atoms with Crippen LogP contribution < -0.4 is 5.73 Å². The summed E-state index contributed by atoms with van der Waals surface area (Å²) in [5.74, 6) is -0.564. The lowest BCUT2D eigenvalue weighted by atomic mass is 9.88. The molecule has 30 heavy (non-hydrogen) atoms. The first-order valence-corrected chi connectivity index (χ1v) is 9.78. The molecule has 0 fully saturated rings. The van der Waals surface area contributed by atoms with E-state index in [0.717, 1.165) is 5.57 Å². The summed E-state index contributed by atoms with van der Waals surface area (Å²) >= 11 is 0. The highest BCUT2D eigenvalue weighted by molar-refractivity contribution is 5.90. The van der Waals surface area contributed by atoms with Crippen LogP contribution in [-0.4, -0.2) is 24.6 Å². The second-order valence-electron chi connectivity index (χ2n) is 8.20. The molecule has 0 heterocycles. The number of methoxy groups -OCH3 is 1. The number of hydrogen-bond acceptors (Lipinski definition) is 5. The summed E-state index contributed by atoms with van der Waals surface area (Å²) in [7, 11) is 1.30. The van der Waals surface area contributed by atoms with E-state index in [9.17, 15) is 9.59 Å². The zero-order valence-electron chi connectivity index (χ0n) is 18.8. The standard InChI is InChI=1S/C25H33NO4/c1-8-21(11-9-18(2)10-12-22(27)29-7)30-23(28)20-15-19(3)16-24(4,5)13-14-25(6,26)17-20/h8-14,16-17H,2,15,26H2,1,3-7H3. The van der Waals surface area contributed by atoms with Crippen LogP contribution in [0.25, 0.3) is 0 Å². The second-order valence-corrected chi connectivity index (χ2v) is 8.20. The topological polar surface area (TPSA) is 78.6 Å². The van der Waals surface area contributed by atoms with E-state index in [2.05, 4.69) is 37.3 Å².